The Labute approximate surface area is 112 Å². The summed E-state index contributed by atoms with van der Waals surface area (Å²) >= 11 is 0. The minimum Gasteiger partial charge on any atom is -0.508 e. The summed E-state index contributed by atoms with van der Waals surface area (Å²) in [5.41, 5.74) is 0.768. The molecule has 18 heavy (non-hydrogen) atoms. The molecule has 1 aromatic rings. The lowest BCUT2D eigenvalue weighted by molar-refractivity contribution is -0.119. The summed E-state index contributed by atoms with van der Waals surface area (Å²) in [6.07, 6.45) is 0. The normalized spacial score (nSPS) is 23.7. The highest BCUT2D eigenvalue weighted by Crippen LogP contribution is 2.26. The van der Waals surface area contributed by atoms with Crippen molar-refractivity contribution in [3.63, 3.8) is 0 Å². The first-order chi connectivity index (χ1) is 8.25. The molecule has 2 heterocycles. The van der Waals surface area contributed by atoms with Crippen molar-refractivity contribution in [2.24, 2.45) is 0 Å². The van der Waals surface area contributed by atoms with Crippen molar-refractivity contribution < 1.29 is 9.90 Å². The third-order valence-electron chi connectivity index (χ3n) is 3.37. The third kappa shape index (κ3) is 2.16. The zero-order chi connectivity index (χ0) is 11.8. The topological polar surface area (TPSA) is 55.8 Å². The van der Waals surface area contributed by atoms with E-state index in [-0.39, 0.29) is 30.1 Å². The van der Waals surface area contributed by atoms with Gasteiger partial charge in [0.2, 0.25) is 5.91 Å². The smallest absolute Gasteiger partial charge is 0.246 e. The number of nitrogens with zero attached hydrogens (tertiary/aromatic N) is 2. The minimum absolute atomic E-state index is 0. The van der Waals surface area contributed by atoms with Gasteiger partial charge in [0, 0.05) is 31.4 Å². The lowest BCUT2D eigenvalue weighted by Gasteiger charge is -2.26. The van der Waals surface area contributed by atoms with E-state index in [0.29, 0.717) is 13.2 Å². The van der Waals surface area contributed by atoms with Crippen LogP contribution in [0.25, 0.3) is 0 Å². The van der Waals surface area contributed by atoms with Gasteiger partial charge in [0.05, 0.1) is 6.67 Å². The predicted molar refractivity (Wildman–Crippen MR) is 71.1 cm³/mol. The first-order valence-corrected chi connectivity index (χ1v) is 5.81. The van der Waals surface area contributed by atoms with Crippen LogP contribution in [-0.4, -0.2) is 48.3 Å². The number of phenols is 1. The summed E-state index contributed by atoms with van der Waals surface area (Å²) in [7, 11) is 0. The number of rotatable bonds is 1. The van der Waals surface area contributed by atoms with Crippen molar-refractivity contribution in [3.05, 3.63) is 24.3 Å². The highest BCUT2D eigenvalue weighted by molar-refractivity contribution is 5.99. The number of hydrogen-bond donors (Lipinski definition) is 2. The van der Waals surface area contributed by atoms with Gasteiger partial charge in [-0.1, -0.05) is 6.07 Å². The molecule has 1 aromatic carbocycles. The predicted octanol–water partition coefficient (Wildman–Crippen LogP) is 0.392. The Balaban J connectivity index is 0.00000120. The van der Waals surface area contributed by atoms with Gasteiger partial charge in [-0.3, -0.25) is 14.6 Å². The van der Waals surface area contributed by atoms with Gasteiger partial charge in [0.25, 0.3) is 0 Å². The van der Waals surface area contributed by atoms with E-state index in [0.717, 1.165) is 18.8 Å². The SMILES string of the molecule is Cl.O=C1C2CNCCN2CN1c1cccc(O)c1. The quantitative estimate of drug-likeness (QED) is 0.775. The third-order valence-corrected chi connectivity index (χ3v) is 3.37. The van der Waals surface area contributed by atoms with Gasteiger partial charge in [-0.15, -0.1) is 12.4 Å². The zero-order valence-corrected chi connectivity index (χ0v) is 10.7. The lowest BCUT2D eigenvalue weighted by Crippen LogP contribution is -2.50. The van der Waals surface area contributed by atoms with Gasteiger partial charge in [-0.2, -0.15) is 0 Å². The molecule has 3 rings (SSSR count). The number of anilines is 1. The molecule has 0 aliphatic carbocycles. The van der Waals surface area contributed by atoms with Crippen molar-refractivity contribution in [1.29, 1.82) is 0 Å². The second kappa shape index (κ2) is 5.14. The van der Waals surface area contributed by atoms with Crippen LogP contribution in [0.2, 0.25) is 0 Å². The van der Waals surface area contributed by atoms with E-state index in [4.69, 9.17) is 0 Å². The molecule has 2 fully saturated rings. The molecule has 6 heteroatoms. The molecular formula is C12H16ClN3O2. The Bertz CT molecular complexity index is 455. The van der Waals surface area contributed by atoms with E-state index in [1.807, 2.05) is 6.07 Å². The molecule has 0 aromatic heterocycles. The van der Waals surface area contributed by atoms with Crippen LogP contribution in [0.4, 0.5) is 5.69 Å². The van der Waals surface area contributed by atoms with Crippen molar-refractivity contribution in [2.45, 2.75) is 6.04 Å². The summed E-state index contributed by atoms with van der Waals surface area (Å²) in [5, 5.41) is 12.7. The Kier molecular flexibility index (Phi) is 3.75. The molecule has 98 valence electrons. The van der Waals surface area contributed by atoms with Crippen LogP contribution in [0.5, 0.6) is 5.75 Å². The lowest BCUT2D eigenvalue weighted by atomic mass is 10.2. The van der Waals surface area contributed by atoms with Crippen LogP contribution >= 0.6 is 12.4 Å². The highest BCUT2D eigenvalue weighted by Gasteiger charge is 2.40. The average Bonchev–Trinajstić information content (AvgIpc) is 2.68. The van der Waals surface area contributed by atoms with E-state index < -0.39 is 0 Å². The Morgan fingerprint density at radius 3 is 2.94 bits per heavy atom. The summed E-state index contributed by atoms with van der Waals surface area (Å²) in [5.74, 6) is 0.307. The number of carbonyl (C=O) groups is 1. The maximum atomic E-state index is 12.2. The molecule has 0 radical (unpaired) electrons. The fourth-order valence-electron chi connectivity index (χ4n) is 2.46. The first kappa shape index (κ1) is 13.1. The van der Waals surface area contributed by atoms with Crippen LogP contribution < -0.4 is 10.2 Å². The monoisotopic (exact) mass is 269 g/mol. The molecule has 2 saturated heterocycles. The first-order valence-electron chi connectivity index (χ1n) is 5.81. The molecule has 1 atom stereocenters. The summed E-state index contributed by atoms with van der Waals surface area (Å²) in [6, 6.07) is 6.80. The number of benzene rings is 1. The summed E-state index contributed by atoms with van der Waals surface area (Å²) in [4.78, 5) is 16.1. The molecular weight excluding hydrogens is 254 g/mol. The van der Waals surface area contributed by atoms with Crippen LogP contribution in [0.1, 0.15) is 0 Å². The average molecular weight is 270 g/mol. The Hall–Kier alpha value is -1.30. The number of halogens is 1. The van der Waals surface area contributed by atoms with Crippen LogP contribution in [0.15, 0.2) is 24.3 Å². The van der Waals surface area contributed by atoms with Crippen LogP contribution in [0, 0.1) is 0 Å². The van der Waals surface area contributed by atoms with Gasteiger partial charge in [0.1, 0.15) is 11.8 Å². The molecule has 5 nitrogen and oxygen atoms in total. The molecule has 0 saturated carbocycles. The Morgan fingerprint density at radius 1 is 1.39 bits per heavy atom. The minimum atomic E-state index is -0.0499. The van der Waals surface area contributed by atoms with Crippen molar-refractivity contribution in [2.75, 3.05) is 31.2 Å². The van der Waals surface area contributed by atoms with E-state index in [2.05, 4.69) is 10.2 Å². The van der Waals surface area contributed by atoms with Gasteiger partial charge in [-0.05, 0) is 12.1 Å². The van der Waals surface area contributed by atoms with Crippen molar-refractivity contribution in [1.82, 2.24) is 10.2 Å². The van der Waals surface area contributed by atoms with Gasteiger partial charge in [-0.25, -0.2) is 0 Å². The van der Waals surface area contributed by atoms with E-state index in [1.54, 1.807) is 23.1 Å². The van der Waals surface area contributed by atoms with Crippen LogP contribution in [0.3, 0.4) is 0 Å². The number of carbonyl (C=O) groups excluding carboxylic acids is 1. The molecule has 2 aliphatic heterocycles. The van der Waals surface area contributed by atoms with E-state index >= 15 is 0 Å². The fourth-order valence-corrected chi connectivity index (χ4v) is 2.46. The van der Waals surface area contributed by atoms with Gasteiger partial charge < -0.3 is 10.4 Å². The van der Waals surface area contributed by atoms with E-state index in [9.17, 15) is 9.90 Å². The number of aromatic hydroxyl groups is 1. The second-order valence-corrected chi connectivity index (χ2v) is 4.46. The Morgan fingerprint density at radius 2 is 2.22 bits per heavy atom. The maximum Gasteiger partial charge on any atom is 0.246 e. The number of hydrogen-bond acceptors (Lipinski definition) is 4. The second-order valence-electron chi connectivity index (χ2n) is 4.46. The van der Waals surface area contributed by atoms with Gasteiger partial charge >= 0.3 is 0 Å². The molecule has 0 spiro atoms. The number of amides is 1. The molecule has 2 N–H and O–H groups in total. The van der Waals surface area contributed by atoms with Crippen molar-refractivity contribution >= 4 is 24.0 Å². The number of fused-ring (bicyclic) bond motifs is 1. The highest BCUT2D eigenvalue weighted by atomic mass is 35.5. The summed E-state index contributed by atoms with van der Waals surface area (Å²) in [6.45, 7) is 3.16. The molecule has 1 amide bonds. The molecule has 0 bridgehead atoms. The number of nitrogens with one attached hydrogen (secondary N) is 1. The number of piperazine rings is 1. The van der Waals surface area contributed by atoms with E-state index in [1.165, 1.54) is 0 Å². The number of phenolic OH excluding ortho intramolecular Hbond substituents is 1. The summed E-state index contributed by atoms with van der Waals surface area (Å²) < 4.78 is 0. The largest absolute Gasteiger partial charge is 0.508 e. The molecule has 2 aliphatic rings. The maximum absolute atomic E-state index is 12.2. The zero-order valence-electron chi connectivity index (χ0n) is 9.87. The molecule has 1 unspecified atom stereocenters. The van der Waals surface area contributed by atoms with Crippen molar-refractivity contribution in [3.8, 4) is 5.75 Å². The fraction of sp³-hybridized carbons (Fsp3) is 0.417. The standard InChI is InChI=1S/C12H15N3O2.ClH/c16-10-3-1-2-9(6-10)15-8-14-5-4-13-7-11(14)12(15)17;/h1-3,6,11,13,16H,4-5,7-8H2;1H. The van der Waals surface area contributed by atoms with Crippen LogP contribution in [-0.2, 0) is 4.79 Å². The van der Waals surface area contributed by atoms with Gasteiger partial charge in [0.15, 0.2) is 0 Å².